The number of nitrogens with zero attached hydrogens (tertiary/aromatic N) is 2. The van der Waals surface area contributed by atoms with Crippen molar-refractivity contribution >= 4 is 5.95 Å². The van der Waals surface area contributed by atoms with Crippen LogP contribution in [0.3, 0.4) is 0 Å². The van der Waals surface area contributed by atoms with Crippen molar-refractivity contribution in [3.63, 3.8) is 0 Å². The minimum absolute atomic E-state index is 0.394. The van der Waals surface area contributed by atoms with Crippen LogP contribution in [0.4, 0.5) is 5.95 Å². The van der Waals surface area contributed by atoms with Gasteiger partial charge in [0.15, 0.2) is 0 Å². The number of rotatable bonds is 1. The number of aromatic nitrogens is 3. The van der Waals surface area contributed by atoms with Crippen molar-refractivity contribution in [2.45, 2.75) is 0 Å². The van der Waals surface area contributed by atoms with Gasteiger partial charge < -0.3 is 0 Å². The quantitative estimate of drug-likeness (QED) is 0.188. The zero-order valence-electron chi connectivity index (χ0n) is 4.13. The molecule has 0 atom stereocenters. The highest BCUT2D eigenvalue weighted by Gasteiger charge is 2.04. The van der Waals surface area contributed by atoms with Crippen LogP contribution >= 0.6 is 0 Å². The minimum Gasteiger partial charge on any atom is -0.271 e. The lowest BCUT2D eigenvalue weighted by Gasteiger charge is -1.83. The highest BCUT2D eigenvalue weighted by molar-refractivity contribution is 5.09. The molecule has 0 saturated carbocycles. The first-order valence-corrected chi connectivity index (χ1v) is 2.01. The van der Waals surface area contributed by atoms with Crippen LogP contribution in [-0.4, -0.2) is 10.1 Å². The van der Waals surface area contributed by atoms with Crippen molar-refractivity contribution in [1.82, 2.24) is 10.1 Å². The third kappa shape index (κ3) is 0.562. The second kappa shape index (κ2) is 1.66. The first-order chi connectivity index (χ1) is 3.84. The molecule has 1 aromatic heterocycles. The van der Waals surface area contributed by atoms with E-state index in [-0.39, 0.29) is 0 Å². The topological polar surface area (TPSA) is 96.6 Å². The predicted octanol–water partition coefficient (Wildman–Crippen LogP) is -2.30. The Morgan fingerprint density at radius 3 is 2.88 bits per heavy atom. The smallest absolute Gasteiger partial charge is 0.271 e. The van der Waals surface area contributed by atoms with Crippen molar-refractivity contribution in [3.05, 3.63) is 6.33 Å². The minimum atomic E-state index is 0.394. The summed E-state index contributed by atoms with van der Waals surface area (Å²) in [6.07, 6.45) is 1.43. The van der Waals surface area contributed by atoms with E-state index in [0.717, 1.165) is 0 Å². The number of hydrogen-bond acceptors (Lipinski definition) is 4. The highest BCUT2D eigenvalue weighted by atomic mass is 15.6. The van der Waals surface area contributed by atoms with Gasteiger partial charge >= 0.3 is 5.95 Å². The molecule has 0 unspecified atom stereocenters. The van der Waals surface area contributed by atoms with E-state index in [2.05, 4.69) is 15.5 Å². The van der Waals surface area contributed by atoms with Crippen LogP contribution < -0.4 is 21.9 Å². The van der Waals surface area contributed by atoms with Crippen LogP contribution in [0.5, 0.6) is 0 Å². The third-order valence-electron chi connectivity index (χ3n) is 0.741. The van der Waals surface area contributed by atoms with Crippen LogP contribution in [0.15, 0.2) is 6.33 Å². The lowest BCUT2D eigenvalue weighted by Crippen LogP contribution is -2.49. The summed E-state index contributed by atoms with van der Waals surface area (Å²) in [5.74, 6) is 10.6. The van der Waals surface area contributed by atoms with E-state index < -0.39 is 0 Å². The summed E-state index contributed by atoms with van der Waals surface area (Å²) in [4.78, 5) is 4.85. The Hall–Kier alpha value is -1.30. The summed E-state index contributed by atoms with van der Waals surface area (Å²) < 4.78 is 0. The first kappa shape index (κ1) is 4.85. The zero-order chi connectivity index (χ0) is 5.98. The van der Waals surface area contributed by atoms with E-state index in [4.69, 9.17) is 11.7 Å². The van der Waals surface area contributed by atoms with Gasteiger partial charge in [-0.1, -0.05) is 9.77 Å². The summed E-state index contributed by atoms with van der Waals surface area (Å²) in [7, 11) is 0. The Bertz CT molecular complexity index is 167. The van der Waals surface area contributed by atoms with E-state index in [0.29, 0.717) is 5.95 Å². The maximum Gasteiger partial charge on any atom is 0.450 e. The zero-order valence-corrected chi connectivity index (χ0v) is 4.13. The first-order valence-electron chi connectivity index (χ1n) is 2.01. The van der Waals surface area contributed by atoms with E-state index in [1.54, 1.807) is 0 Å². The molecule has 6 heteroatoms. The van der Waals surface area contributed by atoms with Gasteiger partial charge in [0.1, 0.15) is 0 Å². The number of hydrogen-bond donors (Lipinski definition) is 4. The molecule has 1 heterocycles. The summed E-state index contributed by atoms with van der Waals surface area (Å²) in [6.45, 7) is 0. The molecule has 0 aliphatic carbocycles. The molecule has 0 spiro atoms. The summed E-state index contributed by atoms with van der Waals surface area (Å²) in [5.41, 5.74) is 2.27. The molecule has 1 aromatic rings. The number of nitrogen functional groups attached to an aromatic ring is 2. The van der Waals surface area contributed by atoms with Crippen LogP contribution in [0.1, 0.15) is 0 Å². The second-order valence-electron chi connectivity index (χ2n) is 1.23. The van der Waals surface area contributed by atoms with Gasteiger partial charge in [-0.25, -0.2) is 5.43 Å². The molecule has 0 amide bonds. The standard InChI is InChI=1S/C2H6N6/c3-7-2-5-1-6-8(2)4/h1H,3-4H2,(H,5,6,7)/p+1. The fraction of sp³-hybridized carbons (Fsp3) is 0. The van der Waals surface area contributed by atoms with Gasteiger partial charge in [0.05, 0.1) is 0 Å². The number of hydrazine groups is 1. The molecule has 1 rings (SSSR count). The number of nitrogens with two attached hydrogens (primary N) is 2. The van der Waals surface area contributed by atoms with Gasteiger partial charge in [0.2, 0.25) is 6.33 Å². The number of anilines is 1. The Morgan fingerprint density at radius 1 is 1.88 bits per heavy atom. The largest absolute Gasteiger partial charge is 0.450 e. The molecular weight excluding hydrogens is 108 g/mol. The molecule has 0 aromatic carbocycles. The molecular formula is C2H7N6+. The van der Waals surface area contributed by atoms with E-state index in [9.17, 15) is 0 Å². The summed E-state index contributed by atoms with van der Waals surface area (Å²) >= 11 is 0. The van der Waals surface area contributed by atoms with Crippen molar-refractivity contribution in [1.29, 1.82) is 0 Å². The lowest BCUT2D eigenvalue weighted by atomic mass is 11.1. The van der Waals surface area contributed by atoms with E-state index in [1.165, 1.54) is 11.1 Å². The summed E-state index contributed by atoms with van der Waals surface area (Å²) in [5, 5.41) is 2.56. The van der Waals surface area contributed by atoms with Crippen LogP contribution in [0, 0.1) is 0 Å². The van der Waals surface area contributed by atoms with Crippen LogP contribution in [0.25, 0.3) is 0 Å². The van der Waals surface area contributed by atoms with Crippen molar-refractivity contribution < 1.29 is 4.79 Å². The van der Waals surface area contributed by atoms with Crippen molar-refractivity contribution in [2.75, 3.05) is 11.3 Å². The van der Waals surface area contributed by atoms with E-state index in [1.807, 2.05) is 0 Å². The summed E-state index contributed by atoms with van der Waals surface area (Å²) in [6, 6.07) is 0. The fourth-order valence-corrected chi connectivity index (χ4v) is 0.382. The molecule has 6 N–H and O–H groups in total. The van der Waals surface area contributed by atoms with E-state index >= 15 is 0 Å². The van der Waals surface area contributed by atoms with Gasteiger partial charge in [-0.3, -0.25) is 5.84 Å². The van der Waals surface area contributed by atoms with Gasteiger partial charge in [0.25, 0.3) is 0 Å². The van der Waals surface area contributed by atoms with Crippen LogP contribution in [-0.2, 0) is 0 Å². The molecule has 0 aliphatic rings. The Morgan fingerprint density at radius 2 is 2.62 bits per heavy atom. The second-order valence-corrected chi connectivity index (χ2v) is 1.23. The molecule has 44 valence electrons. The maximum atomic E-state index is 5.21. The Balaban J connectivity index is 2.92. The molecule has 0 radical (unpaired) electrons. The van der Waals surface area contributed by atoms with Gasteiger partial charge in [-0.05, 0) is 0 Å². The van der Waals surface area contributed by atoms with Gasteiger partial charge in [-0.2, -0.15) is 10.9 Å². The molecule has 0 fully saturated rings. The van der Waals surface area contributed by atoms with Crippen LogP contribution in [0.2, 0.25) is 0 Å². The highest BCUT2D eigenvalue weighted by Crippen LogP contribution is 1.79. The Labute approximate surface area is 45.4 Å². The van der Waals surface area contributed by atoms with Crippen molar-refractivity contribution in [2.24, 2.45) is 5.84 Å². The third-order valence-corrected chi connectivity index (χ3v) is 0.741. The Kier molecular flexibility index (Phi) is 1.01. The molecule has 0 aliphatic heterocycles. The monoisotopic (exact) mass is 115 g/mol. The molecule has 6 nitrogen and oxygen atoms in total. The van der Waals surface area contributed by atoms with Gasteiger partial charge in [-0.15, -0.1) is 0 Å². The maximum absolute atomic E-state index is 5.21. The average Bonchev–Trinajstić information content (AvgIpc) is 2.14. The lowest BCUT2D eigenvalue weighted by molar-refractivity contribution is -0.683. The number of nitrogens with one attached hydrogen (secondary N) is 2. The fourth-order valence-electron chi connectivity index (χ4n) is 0.382. The van der Waals surface area contributed by atoms with Gasteiger partial charge in [0, 0.05) is 0 Å². The molecule has 0 bridgehead atoms. The molecule has 0 saturated heterocycles. The number of H-pyrrole nitrogens is 1. The van der Waals surface area contributed by atoms with Crippen molar-refractivity contribution in [3.8, 4) is 0 Å². The molecule has 8 heavy (non-hydrogen) atoms. The average molecular weight is 115 g/mol. The SMILES string of the molecule is NNc1nc[nH][n+]1N. The number of aromatic amines is 1. The predicted molar refractivity (Wildman–Crippen MR) is 26.7 cm³/mol. The normalized spacial score (nSPS) is 9.12.